The van der Waals surface area contributed by atoms with Gasteiger partial charge in [-0.1, -0.05) is 0 Å². The number of amides is 1. The molecule has 1 saturated heterocycles. The number of furan rings is 1. The van der Waals surface area contributed by atoms with E-state index in [0.29, 0.717) is 12.3 Å². The van der Waals surface area contributed by atoms with E-state index in [-0.39, 0.29) is 17.6 Å². The van der Waals surface area contributed by atoms with E-state index in [2.05, 4.69) is 10.2 Å². The van der Waals surface area contributed by atoms with Gasteiger partial charge in [0.2, 0.25) is 11.7 Å². The van der Waals surface area contributed by atoms with E-state index in [1.807, 2.05) is 0 Å². The topological polar surface area (TPSA) is 82.8 Å². The number of rotatable bonds is 4. The molecule has 1 aliphatic rings. The van der Waals surface area contributed by atoms with Gasteiger partial charge in [-0.3, -0.25) is 9.69 Å². The van der Waals surface area contributed by atoms with Crippen LogP contribution in [0.25, 0.3) is 0 Å². The third-order valence-corrected chi connectivity index (χ3v) is 3.46. The van der Waals surface area contributed by atoms with Crippen molar-refractivity contribution in [2.75, 3.05) is 20.1 Å². The molecule has 1 amide bonds. The van der Waals surface area contributed by atoms with Crippen molar-refractivity contribution in [3.63, 3.8) is 0 Å². The maximum atomic E-state index is 11.5. The number of nitrogens with zero attached hydrogens (tertiary/aromatic N) is 1. The van der Waals surface area contributed by atoms with Crippen LogP contribution in [-0.2, 0) is 11.3 Å². The number of likely N-dealkylation sites (tertiary alicyclic amines) is 1. The maximum absolute atomic E-state index is 11.5. The first kappa shape index (κ1) is 13.6. The molecule has 2 heterocycles. The van der Waals surface area contributed by atoms with Crippen LogP contribution in [0.15, 0.2) is 16.5 Å². The third-order valence-electron chi connectivity index (χ3n) is 3.46. The summed E-state index contributed by atoms with van der Waals surface area (Å²) < 4.78 is 5.22. The van der Waals surface area contributed by atoms with Crippen LogP contribution in [0.4, 0.5) is 0 Å². The van der Waals surface area contributed by atoms with Crippen molar-refractivity contribution < 1.29 is 19.1 Å². The van der Waals surface area contributed by atoms with Gasteiger partial charge in [0.15, 0.2) is 0 Å². The summed E-state index contributed by atoms with van der Waals surface area (Å²) in [5, 5.41) is 11.4. The van der Waals surface area contributed by atoms with E-state index >= 15 is 0 Å². The van der Waals surface area contributed by atoms with Gasteiger partial charge in [-0.2, -0.15) is 0 Å². The number of hydrogen-bond acceptors (Lipinski definition) is 4. The van der Waals surface area contributed by atoms with Crippen LogP contribution in [0.3, 0.4) is 0 Å². The second-order valence-corrected chi connectivity index (χ2v) is 4.74. The van der Waals surface area contributed by atoms with E-state index < -0.39 is 5.97 Å². The summed E-state index contributed by atoms with van der Waals surface area (Å²) in [5.41, 5.74) is 0. The van der Waals surface area contributed by atoms with Crippen LogP contribution in [-0.4, -0.2) is 42.0 Å². The predicted octanol–water partition coefficient (Wildman–Crippen LogP) is 0.936. The quantitative estimate of drug-likeness (QED) is 0.847. The Bertz CT molecular complexity index is 461. The highest BCUT2D eigenvalue weighted by Gasteiger charge is 2.24. The van der Waals surface area contributed by atoms with E-state index in [1.54, 1.807) is 13.1 Å². The van der Waals surface area contributed by atoms with Crippen LogP contribution < -0.4 is 5.32 Å². The number of aromatic carboxylic acids is 1. The third kappa shape index (κ3) is 3.35. The zero-order chi connectivity index (χ0) is 13.8. The maximum Gasteiger partial charge on any atom is 0.371 e. The summed E-state index contributed by atoms with van der Waals surface area (Å²) in [5.74, 6) is -0.242. The Morgan fingerprint density at radius 2 is 2.11 bits per heavy atom. The van der Waals surface area contributed by atoms with E-state index in [0.717, 1.165) is 25.9 Å². The molecule has 2 N–H and O–H groups in total. The fraction of sp³-hybridized carbons (Fsp3) is 0.538. The fourth-order valence-electron chi connectivity index (χ4n) is 2.36. The number of carbonyl (C=O) groups excluding carboxylic acids is 1. The molecular weight excluding hydrogens is 248 g/mol. The number of hydrogen-bond donors (Lipinski definition) is 2. The second kappa shape index (κ2) is 5.88. The lowest BCUT2D eigenvalue weighted by atomic mass is 9.96. The van der Waals surface area contributed by atoms with Gasteiger partial charge in [-0.25, -0.2) is 4.79 Å². The second-order valence-electron chi connectivity index (χ2n) is 4.74. The van der Waals surface area contributed by atoms with Gasteiger partial charge in [0.1, 0.15) is 5.76 Å². The molecule has 6 heteroatoms. The Kier molecular flexibility index (Phi) is 4.21. The minimum Gasteiger partial charge on any atom is -0.475 e. The Morgan fingerprint density at radius 3 is 2.63 bits per heavy atom. The molecule has 1 aromatic rings. The average Bonchev–Trinajstić information content (AvgIpc) is 2.87. The summed E-state index contributed by atoms with van der Waals surface area (Å²) in [6, 6.07) is 3.16. The van der Waals surface area contributed by atoms with Gasteiger partial charge in [0.05, 0.1) is 6.54 Å². The van der Waals surface area contributed by atoms with Crippen molar-refractivity contribution in [3.8, 4) is 0 Å². The molecule has 1 aromatic heterocycles. The first-order valence-corrected chi connectivity index (χ1v) is 6.36. The molecule has 0 bridgehead atoms. The van der Waals surface area contributed by atoms with Crippen molar-refractivity contribution >= 4 is 11.9 Å². The number of carboxylic acids is 1. The lowest BCUT2D eigenvalue weighted by molar-refractivity contribution is -0.125. The molecule has 0 radical (unpaired) electrons. The minimum absolute atomic E-state index is 0.0322. The lowest BCUT2D eigenvalue weighted by Crippen LogP contribution is -2.39. The normalized spacial score (nSPS) is 17.3. The Balaban J connectivity index is 1.85. The highest BCUT2D eigenvalue weighted by atomic mass is 16.4. The highest BCUT2D eigenvalue weighted by Crippen LogP contribution is 2.20. The molecule has 19 heavy (non-hydrogen) atoms. The predicted molar refractivity (Wildman–Crippen MR) is 67.7 cm³/mol. The van der Waals surface area contributed by atoms with Gasteiger partial charge < -0.3 is 14.8 Å². The summed E-state index contributed by atoms with van der Waals surface area (Å²) in [7, 11) is 1.66. The van der Waals surface area contributed by atoms with Gasteiger partial charge in [-0.05, 0) is 38.1 Å². The van der Waals surface area contributed by atoms with Crippen molar-refractivity contribution in [2.24, 2.45) is 5.92 Å². The smallest absolute Gasteiger partial charge is 0.371 e. The lowest BCUT2D eigenvalue weighted by Gasteiger charge is -2.30. The first-order chi connectivity index (χ1) is 9.10. The van der Waals surface area contributed by atoms with Crippen molar-refractivity contribution in [2.45, 2.75) is 19.4 Å². The number of carbonyl (C=O) groups is 2. The Morgan fingerprint density at radius 1 is 1.42 bits per heavy atom. The summed E-state index contributed by atoms with van der Waals surface area (Å²) >= 11 is 0. The first-order valence-electron chi connectivity index (χ1n) is 6.36. The zero-order valence-corrected chi connectivity index (χ0v) is 10.9. The minimum atomic E-state index is -1.05. The number of piperidine rings is 1. The molecule has 1 fully saturated rings. The fourth-order valence-corrected chi connectivity index (χ4v) is 2.36. The average molecular weight is 266 g/mol. The number of carboxylic acid groups (broad SMARTS) is 1. The molecule has 2 rings (SSSR count). The molecule has 0 saturated carbocycles. The molecule has 0 unspecified atom stereocenters. The summed E-state index contributed by atoms with van der Waals surface area (Å²) in [6.45, 7) is 2.23. The largest absolute Gasteiger partial charge is 0.475 e. The van der Waals surface area contributed by atoms with E-state index in [4.69, 9.17) is 9.52 Å². The molecular formula is C13H18N2O4. The molecule has 0 spiro atoms. The molecule has 104 valence electrons. The monoisotopic (exact) mass is 266 g/mol. The zero-order valence-electron chi connectivity index (χ0n) is 10.9. The van der Waals surface area contributed by atoms with E-state index in [9.17, 15) is 9.59 Å². The summed E-state index contributed by atoms with van der Waals surface area (Å²) in [4.78, 5) is 24.4. The Labute approximate surface area is 111 Å². The van der Waals surface area contributed by atoms with Crippen LogP contribution in [0.2, 0.25) is 0 Å². The van der Waals surface area contributed by atoms with Crippen molar-refractivity contribution in [1.82, 2.24) is 10.2 Å². The van der Waals surface area contributed by atoms with Crippen LogP contribution in [0.1, 0.15) is 29.2 Å². The van der Waals surface area contributed by atoms with Gasteiger partial charge in [0.25, 0.3) is 0 Å². The summed E-state index contributed by atoms with van der Waals surface area (Å²) in [6.07, 6.45) is 1.65. The number of nitrogens with one attached hydrogen (secondary N) is 1. The van der Waals surface area contributed by atoms with Gasteiger partial charge >= 0.3 is 5.97 Å². The van der Waals surface area contributed by atoms with E-state index in [1.165, 1.54) is 6.07 Å². The SMILES string of the molecule is CNC(=O)C1CCN(Cc2ccc(C(=O)O)o2)CC1. The van der Waals surface area contributed by atoms with Gasteiger partial charge in [0, 0.05) is 13.0 Å². The molecule has 6 nitrogen and oxygen atoms in total. The standard InChI is InChI=1S/C13H18N2O4/c1-14-12(16)9-4-6-15(7-5-9)8-10-2-3-11(19-10)13(17)18/h2-3,9H,4-8H2,1H3,(H,14,16)(H,17,18). The molecule has 0 aromatic carbocycles. The van der Waals surface area contributed by atoms with Crippen molar-refractivity contribution in [3.05, 3.63) is 23.7 Å². The molecule has 0 atom stereocenters. The van der Waals surface area contributed by atoms with Gasteiger partial charge in [-0.15, -0.1) is 0 Å². The van der Waals surface area contributed by atoms with Crippen LogP contribution in [0.5, 0.6) is 0 Å². The van der Waals surface area contributed by atoms with Crippen LogP contribution in [0, 0.1) is 5.92 Å². The molecule has 0 aliphatic carbocycles. The van der Waals surface area contributed by atoms with Crippen LogP contribution >= 0.6 is 0 Å². The highest BCUT2D eigenvalue weighted by molar-refractivity contribution is 5.84. The van der Waals surface area contributed by atoms with Crippen molar-refractivity contribution in [1.29, 1.82) is 0 Å². The molecule has 1 aliphatic heterocycles. The Hall–Kier alpha value is -1.82.